The average molecular weight is 306 g/mol. The first kappa shape index (κ1) is 15.5. The topological polar surface area (TPSA) is 81.0 Å². The fourth-order valence-electron chi connectivity index (χ4n) is 1.91. The van der Waals surface area contributed by atoms with E-state index in [1.807, 2.05) is 13.0 Å². The summed E-state index contributed by atoms with van der Waals surface area (Å²) in [6.07, 6.45) is 1.06. The van der Waals surface area contributed by atoms with Gasteiger partial charge in [0.2, 0.25) is 0 Å². The van der Waals surface area contributed by atoms with Crippen LogP contribution in [0.5, 0.6) is 0 Å². The highest BCUT2D eigenvalue weighted by molar-refractivity contribution is 7.14. The van der Waals surface area contributed by atoms with E-state index in [1.165, 1.54) is 11.3 Å². The molecule has 1 unspecified atom stereocenters. The summed E-state index contributed by atoms with van der Waals surface area (Å²) in [6, 6.07) is 5.28. The molecular formula is C14H18N4O2S. The summed E-state index contributed by atoms with van der Waals surface area (Å²) in [7, 11) is 0. The highest BCUT2D eigenvalue weighted by atomic mass is 32.1. The van der Waals surface area contributed by atoms with Crippen molar-refractivity contribution in [3.8, 4) is 10.6 Å². The average Bonchev–Trinajstić information content (AvgIpc) is 2.94. The molecule has 0 spiro atoms. The van der Waals surface area contributed by atoms with Gasteiger partial charge < -0.3 is 5.32 Å². The Morgan fingerprint density at radius 1 is 1.43 bits per heavy atom. The first-order valence-electron chi connectivity index (χ1n) is 6.85. The SMILES string of the molecule is CCCNC(C)c1nnc(-c2ccc(C)c([N+](=O)[O-])c2)s1. The lowest BCUT2D eigenvalue weighted by atomic mass is 10.1. The molecule has 112 valence electrons. The Labute approximate surface area is 127 Å². The van der Waals surface area contributed by atoms with Gasteiger partial charge in [0.15, 0.2) is 0 Å². The predicted octanol–water partition coefficient (Wildman–Crippen LogP) is 3.48. The van der Waals surface area contributed by atoms with Crippen LogP contribution in [0.2, 0.25) is 0 Å². The molecule has 1 atom stereocenters. The highest BCUT2D eigenvalue weighted by Crippen LogP contribution is 2.30. The minimum absolute atomic E-state index is 0.112. The third kappa shape index (κ3) is 3.62. The summed E-state index contributed by atoms with van der Waals surface area (Å²) in [5, 5.41) is 24.3. The summed E-state index contributed by atoms with van der Waals surface area (Å²) >= 11 is 1.46. The zero-order valence-electron chi connectivity index (χ0n) is 12.3. The molecule has 0 bridgehead atoms. The summed E-state index contributed by atoms with van der Waals surface area (Å²) in [5.41, 5.74) is 1.49. The molecule has 0 aliphatic rings. The second kappa shape index (κ2) is 6.73. The van der Waals surface area contributed by atoms with Gasteiger partial charge in [-0.3, -0.25) is 10.1 Å². The maximum Gasteiger partial charge on any atom is 0.273 e. The largest absolute Gasteiger partial charge is 0.308 e. The second-order valence-electron chi connectivity index (χ2n) is 4.88. The number of nitrogens with zero attached hydrogens (tertiary/aromatic N) is 3. The Morgan fingerprint density at radius 3 is 2.86 bits per heavy atom. The lowest BCUT2D eigenvalue weighted by Crippen LogP contribution is -2.18. The summed E-state index contributed by atoms with van der Waals surface area (Å²) < 4.78 is 0. The molecule has 0 saturated carbocycles. The van der Waals surface area contributed by atoms with Gasteiger partial charge in [0, 0.05) is 17.2 Å². The van der Waals surface area contributed by atoms with Gasteiger partial charge in [0.25, 0.3) is 5.69 Å². The fourth-order valence-corrected chi connectivity index (χ4v) is 2.78. The first-order chi connectivity index (χ1) is 10.0. The molecule has 1 aromatic heterocycles. The van der Waals surface area contributed by atoms with Gasteiger partial charge in [0.1, 0.15) is 10.0 Å². The second-order valence-corrected chi connectivity index (χ2v) is 5.89. The van der Waals surface area contributed by atoms with Gasteiger partial charge in [-0.1, -0.05) is 30.4 Å². The van der Waals surface area contributed by atoms with E-state index in [0.29, 0.717) is 10.6 Å². The number of nitrogens with one attached hydrogen (secondary N) is 1. The Bertz CT molecular complexity index is 642. The van der Waals surface area contributed by atoms with Crippen LogP contribution in [-0.2, 0) is 0 Å². The van der Waals surface area contributed by atoms with Crippen LogP contribution >= 0.6 is 11.3 Å². The van der Waals surface area contributed by atoms with Gasteiger partial charge in [-0.15, -0.1) is 10.2 Å². The molecule has 6 nitrogen and oxygen atoms in total. The normalized spacial score (nSPS) is 12.3. The van der Waals surface area contributed by atoms with Gasteiger partial charge in [-0.2, -0.15) is 0 Å². The molecule has 2 aromatic rings. The van der Waals surface area contributed by atoms with Crippen LogP contribution in [-0.4, -0.2) is 21.7 Å². The highest BCUT2D eigenvalue weighted by Gasteiger charge is 2.16. The maximum absolute atomic E-state index is 11.0. The smallest absolute Gasteiger partial charge is 0.273 e. The zero-order valence-corrected chi connectivity index (χ0v) is 13.1. The standard InChI is InChI=1S/C14H18N4O2S/c1-4-7-15-10(3)13-16-17-14(21-13)11-6-5-9(2)12(8-11)18(19)20/h5-6,8,10,15H,4,7H2,1-3H3. The van der Waals surface area contributed by atoms with Crippen molar-refractivity contribution in [2.24, 2.45) is 0 Å². The van der Waals surface area contributed by atoms with Crippen molar-refractivity contribution < 1.29 is 4.92 Å². The Kier molecular flexibility index (Phi) is 4.98. The van der Waals surface area contributed by atoms with Crippen LogP contribution < -0.4 is 5.32 Å². The van der Waals surface area contributed by atoms with Crippen LogP contribution in [0, 0.1) is 17.0 Å². The molecule has 21 heavy (non-hydrogen) atoms. The maximum atomic E-state index is 11.0. The third-order valence-corrected chi connectivity index (χ3v) is 4.32. The lowest BCUT2D eigenvalue weighted by molar-refractivity contribution is -0.385. The summed E-state index contributed by atoms with van der Waals surface area (Å²) in [6.45, 7) is 6.80. The predicted molar refractivity (Wildman–Crippen MR) is 83.4 cm³/mol. The molecule has 0 aliphatic carbocycles. The number of benzene rings is 1. The van der Waals surface area contributed by atoms with E-state index in [4.69, 9.17) is 0 Å². The fraction of sp³-hybridized carbons (Fsp3) is 0.429. The van der Waals surface area contributed by atoms with E-state index in [0.717, 1.165) is 23.5 Å². The van der Waals surface area contributed by atoms with Gasteiger partial charge in [-0.05, 0) is 26.8 Å². The van der Waals surface area contributed by atoms with Crippen LogP contribution in [0.15, 0.2) is 18.2 Å². The van der Waals surface area contributed by atoms with E-state index >= 15 is 0 Å². The molecule has 0 radical (unpaired) electrons. The van der Waals surface area contributed by atoms with Crippen LogP contribution in [0.4, 0.5) is 5.69 Å². The number of rotatable bonds is 6. The molecule has 1 aromatic carbocycles. The molecule has 1 N–H and O–H groups in total. The van der Waals surface area contributed by atoms with Crippen LogP contribution in [0.1, 0.15) is 36.9 Å². The van der Waals surface area contributed by atoms with Crippen molar-refractivity contribution in [2.45, 2.75) is 33.2 Å². The molecule has 0 amide bonds. The number of aromatic nitrogens is 2. The van der Waals surface area contributed by atoms with E-state index in [9.17, 15) is 10.1 Å². The monoisotopic (exact) mass is 306 g/mol. The van der Waals surface area contributed by atoms with Crippen molar-refractivity contribution in [3.63, 3.8) is 0 Å². The lowest BCUT2D eigenvalue weighted by Gasteiger charge is -2.08. The number of nitro groups is 1. The minimum atomic E-state index is -0.369. The third-order valence-electron chi connectivity index (χ3n) is 3.16. The molecule has 0 aliphatic heterocycles. The van der Waals surface area contributed by atoms with Gasteiger partial charge >= 0.3 is 0 Å². The number of aryl methyl sites for hydroxylation is 1. The molecule has 7 heteroatoms. The van der Waals surface area contributed by atoms with E-state index in [1.54, 1.807) is 19.1 Å². The molecule has 1 heterocycles. The molecule has 2 rings (SSSR count). The number of hydrogen-bond acceptors (Lipinski definition) is 6. The van der Waals surface area contributed by atoms with Crippen molar-refractivity contribution in [2.75, 3.05) is 6.54 Å². The van der Waals surface area contributed by atoms with E-state index in [-0.39, 0.29) is 16.7 Å². The molecular weight excluding hydrogens is 288 g/mol. The van der Waals surface area contributed by atoms with E-state index < -0.39 is 0 Å². The first-order valence-corrected chi connectivity index (χ1v) is 7.66. The van der Waals surface area contributed by atoms with E-state index in [2.05, 4.69) is 22.4 Å². The Balaban J connectivity index is 2.25. The zero-order chi connectivity index (χ0) is 15.4. The van der Waals surface area contributed by atoms with Crippen molar-refractivity contribution in [3.05, 3.63) is 38.9 Å². The van der Waals surface area contributed by atoms with Crippen molar-refractivity contribution in [1.29, 1.82) is 0 Å². The quantitative estimate of drug-likeness (QED) is 0.652. The summed E-state index contributed by atoms with van der Waals surface area (Å²) in [4.78, 5) is 10.6. The van der Waals surface area contributed by atoms with Crippen molar-refractivity contribution in [1.82, 2.24) is 15.5 Å². The van der Waals surface area contributed by atoms with Crippen LogP contribution in [0.25, 0.3) is 10.6 Å². The van der Waals surface area contributed by atoms with Gasteiger partial charge in [-0.25, -0.2) is 0 Å². The number of hydrogen-bond donors (Lipinski definition) is 1. The van der Waals surface area contributed by atoms with Crippen LogP contribution in [0.3, 0.4) is 0 Å². The number of nitro benzene ring substituents is 1. The Hall–Kier alpha value is -1.86. The van der Waals surface area contributed by atoms with Gasteiger partial charge in [0.05, 0.1) is 11.0 Å². The minimum Gasteiger partial charge on any atom is -0.308 e. The summed E-state index contributed by atoms with van der Waals surface area (Å²) in [5.74, 6) is 0. The molecule has 0 fully saturated rings. The molecule has 0 saturated heterocycles. The Morgan fingerprint density at radius 2 is 2.19 bits per heavy atom. The van der Waals surface area contributed by atoms with Crippen molar-refractivity contribution >= 4 is 17.0 Å².